The zero-order valence-electron chi connectivity index (χ0n) is 12.5. The molecule has 0 spiro atoms. The topological polar surface area (TPSA) is 69.5 Å². The van der Waals surface area contributed by atoms with Crippen LogP contribution in [0, 0.1) is 3.57 Å². The van der Waals surface area contributed by atoms with E-state index in [2.05, 4.69) is 32.7 Å². The molecule has 0 bridgehead atoms. The van der Waals surface area contributed by atoms with Gasteiger partial charge in [-0.25, -0.2) is 14.7 Å². The summed E-state index contributed by atoms with van der Waals surface area (Å²) in [6, 6.07) is 1.91. The van der Waals surface area contributed by atoms with Crippen molar-refractivity contribution in [3.05, 3.63) is 21.5 Å². The van der Waals surface area contributed by atoms with Gasteiger partial charge in [-0.2, -0.15) is 5.10 Å². The van der Waals surface area contributed by atoms with Gasteiger partial charge in [0.15, 0.2) is 17.6 Å². The van der Waals surface area contributed by atoms with Crippen LogP contribution in [0.15, 0.2) is 12.3 Å². The van der Waals surface area contributed by atoms with Crippen molar-refractivity contribution >= 4 is 39.5 Å². The van der Waals surface area contributed by atoms with E-state index in [4.69, 9.17) is 9.57 Å². The molecule has 1 atom stereocenters. The Hall–Kier alpha value is -1.26. The van der Waals surface area contributed by atoms with Crippen LogP contribution in [0.3, 0.4) is 0 Å². The predicted molar refractivity (Wildman–Crippen MR) is 88.2 cm³/mol. The summed E-state index contributed by atoms with van der Waals surface area (Å²) in [5.41, 5.74) is 1.000. The van der Waals surface area contributed by atoms with Crippen LogP contribution in [0.2, 0.25) is 0 Å². The highest BCUT2D eigenvalue weighted by Gasteiger charge is 2.26. The van der Waals surface area contributed by atoms with Crippen LogP contribution in [-0.4, -0.2) is 46.5 Å². The first kappa shape index (κ1) is 15.6. The van der Waals surface area contributed by atoms with Gasteiger partial charge in [0.2, 0.25) is 0 Å². The number of ether oxygens (including phenoxy) is 1. The number of amides is 1. The van der Waals surface area contributed by atoms with E-state index in [1.807, 2.05) is 6.07 Å². The lowest BCUT2D eigenvalue weighted by atomic mass is 10.2. The molecule has 3 heterocycles. The summed E-state index contributed by atoms with van der Waals surface area (Å²) >= 11 is 2.17. The third-order valence-corrected chi connectivity index (χ3v) is 4.29. The van der Waals surface area contributed by atoms with Gasteiger partial charge >= 0.3 is 0 Å². The van der Waals surface area contributed by atoms with E-state index in [1.54, 1.807) is 17.9 Å². The molecule has 8 heteroatoms. The standard InChI is InChI=1S/C14H17IN4O3/c1-18(21-2)14(20)12-10-7-9(15)8-16-13(10)19(17-12)11-5-3-4-6-22-11/h7-8,11H,3-6H2,1-2H3. The molecule has 118 valence electrons. The van der Waals surface area contributed by atoms with Gasteiger partial charge in [0.25, 0.3) is 5.91 Å². The molecular formula is C14H17IN4O3. The molecular weight excluding hydrogens is 399 g/mol. The number of carbonyl (C=O) groups is 1. The van der Waals surface area contributed by atoms with Crippen LogP contribution < -0.4 is 0 Å². The van der Waals surface area contributed by atoms with Gasteiger partial charge in [0, 0.05) is 23.4 Å². The summed E-state index contributed by atoms with van der Waals surface area (Å²) in [6.07, 6.45) is 4.60. The highest BCUT2D eigenvalue weighted by molar-refractivity contribution is 14.1. The van der Waals surface area contributed by atoms with Crippen molar-refractivity contribution in [2.45, 2.75) is 25.5 Å². The Balaban J connectivity index is 2.11. The van der Waals surface area contributed by atoms with Crippen LogP contribution >= 0.6 is 22.6 Å². The average Bonchev–Trinajstić information content (AvgIpc) is 2.92. The SMILES string of the molecule is CON(C)C(=O)c1nn(C2CCCCO2)c2ncc(I)cc12. The molecule has 3 rings (SSSR count). The number of pyridine rings is 1. The van der Waals surface area contributed by atoms with E-state index in [9.17, 15) is 4.79 Å². The van der Waals surface area contributed by atoms with Gasteiger partial charge in [0.1, 0.15) is 0 Å². The molecule has 1 fully saturated rings. The first-order valence-electron chi connectivity index (χ1n) is 7.09. The molecule has 2 aromatic heterocycles. The van der Waals surface area contributed by atoms with E-state index in [1.165, 1.54) is 7.11 Å². The van der Waals surface area contributed by atoms with Crippen LogP contribution in [-0.2, 0) is 9.57 Å². The Morgan fingerprint density at radius 3 is 3.05 bits per heavy atom. The number of hydrogen-bond donors (Lipinski definition) is 0. The van der Waals surface area contributed by atoms with Crippen molar-refractivity contribution < 1.29 is 14.4 Å². The number of fused-ring (bicyclic) bond motifs is 1. The van der Waals surface area contributed by atoms with Crippen LogP contribution in [0.5, 0.6) is 0 Å². The fourth-order valence-electron chi connectivity index (χ4n) is 2.51. The van der Waals surface area contributed by atoms with Crippen molar-refractivity contribution in [1.82, 2.24) is 19.8 Å². The monoisotopic (exact) mass is 416 g/mol. The first-order chi connectivity index (χ1) is 10.6. The first-order valence-corrected chi connectivity index (χ1v) is 8.17. The van der Waals surface area contributed by atoms with Gasteiger partial charge in [0.05, 0.1) is 12.5 Å². The Bertz CT molecular complexity index is 697. The molecule has 1 unspecified atom stereocenters. The number of hydrogen-bond acceptors (Lipinski definition) is 5. The smallest absolute Gasteiger partial charge is 0.298 e. The molecule has 0 aliphatic carbocycles. The third kappa shape index (κ3) is 2.82. The van der Waals surface area contributed by atoms with Gasteiger partial charge in [-0.3, -0.25) is 9.63 Å². The van der Waals surface area contributed by atoms with Crippen molar-refractivity contribution in [2.75, 3.05) is 20.8 Å². The number of carbonyl (C=O) groups excluding carboxylic acids is 1. The Morgan fingerprint density at radius 1 is 1.55 bits per heavy atom. The van der Waals surface area contributed by atoms with Crippen LogP contribution in [0.4, 0.5) is 0 Å². The zero-order valence-corrected chi connectivity index (χ0v) is 14.6. The van der Waals surface area contributed by atoms with Crippen molar-refractivity contribution in [3.8, 4) is 0 Å². The lowest BCUT2D eigenvalue weighted by Crippen LogP contribution is -2.26. The normalized spacial score (nSPS) is 18.6. The van der Waals surface area contributed by atoms with Gasteiger partial charge in [-0.15, -0.1) is 0 Å². The minimum atomic E-state index is -0.300. The number of halogens is 1. The highest BCUT2D eigenvalue weighted by atomic mass is 127. The summed E-state index contributed by atoms with van der Waals surface area (Å²) in [4.78, 5) is 21.9. The fraction of sp³-hybridized carbons (Fsp3) is 0.500. The summed E-state index contributed by atoms with van der Waals surface area (Å²) < 4.78 is 8.46. The second-order valence-corrected chi connectivity index (χ2v) is 6.37. The maximum Gasteiger partial charge on any atom is 0.298 e. The highest BCUT2D eigenvalue weighted by Crippen LogP contribution is 2.28. The Morgan fingerprint density at radius 2 is 2.36 bits per heavy atom. The van der Waals surface area contributed by atoms with E-state index in [0.717, 1.165) is 33.3 Å². The average molecular weight is 416 g/mol. The number of aromatic nitrogens is 3. The minimum absolute atomic E-state index is 0.168. The molecule has 0 aromatic carbocycles. The summed E-state index contributed by atoms with van der Waals surface area (Å²) in [5, 5.41) is 6.36. The Kier molecular flexibility index (Phi) is 4.59. The minimum Gasteiger partial charge on any atom is -0.356 e. The quantitative estimate of drug-likeness (QED) is 0.568. The molecule has 1 aliphatic heterocycles. The summed E-state index contributed by atoms with van der Waals surface area (Å²) in [5.74, 6) is -0.300. The number of rotatable bonds is 3. The molecule has 0 N–H and O–H groups in total. The molecule has 1 saturated heterocycles. The summed E-state index contributed by atoms with van der Waals surface area (Å²) in [7, 11) is 3.01. The largest absolute Gasteiger partial charge is 0.356 e. The predicted octanol–water partition coefficient (Wildman–Crippen LogP) is 2.37. The van der Waals surface area contributed by atoms with Gasteiger partial charge < -0.3 is 4.74 Å². The van der Waals surface area contributed by atoms with E-state index in [-0.39, 0.29) is 12.1 Å². The van der Waals surface area contributed by atoms with Crippen LogP contribution in [0.25, 0.3) is 11.0 Å². The van der Waals surface area contributed by atoms with Crippen molar-refractivity contribution in [1.29, 1.82) is 0 Å². The second kappa shape index (κ2) is 6.47. The van der Waals surface area contributed by atoms with Crippen molar-refractivity contribution in [3.63, 3.8) is 0 Å². The number of hydroxylamine groups is 2. The summed E-state index contributed by atoms with van der Waals surface area (Å²) in [6.45, 7) is 0.706. The van der Waals surface area contributed by atoms with Crippen molar-refractivity contribution in [2.24, 2.45) is 0 Å². The van der Waals surface area contributed by atoms with Crippen LogP contribution in [0.1, 0.15) is 36.0 Å². The maximum absolute atomic E-state index is 12.5. The molecule has 0 saturated carbocycles. The van der Waals surface area contributed by atoms with E-state index >= 15 is 0 Å². The third-order valence-electron chi connectivity index (χ3n) is 3.70. The molecule has 0 radical (unpaired) electrons. The van der Waals surface area contributed by atoms with Gasteiger partial charge in [-0.05, 0) is 47.9 Å². The fourth-order valence-corrected chi connectivity index (χ4v) is 2.96. The Labute approximate surface area is 141 Å². The zero-order chi connectivity index (χ0) is 15.7. The molecule has 1 aliphatic rings. The molecule has 2 aromatic rings. The lowest BCUT2D eigenvalue weighted by Gasteiger charge is -2.23. The molecule has 1 amide bonds. The van der Waals surface area contributed by atoms with E-state index < -0.39 is 0 Å². The molecule has 22 heavy (non-hydrogen) atoms. The maximum atomic E-state index is 12.5. The van der Waals surface area contributed by atoms with Gasteiger partial charge in [-0.1, -0.05) is 0 Å². The number of nitrogens with zero attached hydrogens (tertiary/aromatic N) is 4. The van der Waals surface area contributed by atoms with E-state index in [0.29, 0.717) is 17.9 Å². The lowest BCUT2D eigenvalue weighted by molar-refractivity contribution is -0.0762. The second-order valence-electron chi connectivity index (χ2n) is 5.12. The molecule has 7 nitrogen and oxygen atoms in total.